The maximum absolute atomic E-state index is 13.6. The molecule has 0 bridgehead atoms. The lowest BCUT2D eigenvalue weighted by Gasteiger charge is -2.11. The molecule has 0 radical (unpaired) electrons. The molecule has 0 unspecified atom stereocenters. The van der Waals surface area contributed by atoms with Gasteiger partial charge >= 0.3 is 0 Å². The SMILES string of the molecule is O=C(C=Cc1ccc(Cl)c(F)c1)c1c(-c2ccccc2)c2ccccc2[nH]c1=O. The van der Waals surface area contributed by atoms with Crippen molar-refractivity contribution in [1.29, 1.82) is 0 Å². The molecule has 5 heteroatoms. The first kappa shape index (κ1) is 18.8. The van der Waals surface area contributed by atoms with Crippen LogP contribution in [0.5, 0.6) is 0 Å². The van der Waals surface area contributed by atoms with Crippen molar-refractivity contribution in [2.75, 3.05) is 0 Å². The highest BCUT2D eigenvalue weighted by Crippen LogP contribution is 2.30. The number of hydrogen-bond donors (Lipinski definition) is 1. The summed E-state index contributed by atoms with van der Waals surface area (Å²) in [7, 11) is 0. The molecule has 0 aliphatic heterocycles. The summed E-state index contributed by atoms with van der Waals surface area (Å²) in [5.41, 5.74) is 2.03. The Morgan fingerprint density at radius 1 is 0.966 bits per heavy atom. The minimum atomic E-state index is -0.574. The first-order valence-electron chi connectivity index (χ1n) is 8.92. The molecule has 1 N–H and O–H groups in total. The van der Waals surface area contributed by atoms with E-state index in [9.17, 15) is 14.0 Å². The zero-order chi connectivity index (χ0) is 20.4. The van der Waals surface area contributed by atoms with Crippen LogP contribution in [0.25, 0.3) is 28.1 Å². The number of para-hydroxylation sites is 1. The van der Waals surface area contributed by atoms with Crippen molar-refractivity contribution in [3.8, 4) is 11.1 Å². The third-order valence-corrected chi connectivity index (χ3v) is 4.91. The summed E-state index contributed by atoms with van der Waals surface area (Å²) >= 11 is 5.69. The average Bonchev–Trinajstić information content (AvgIpc) is 2.74. The third kappa shape index (κ3) is 3.75. The normalized spacial score (nSPS) is 11.2. The minimum Gasteiger partial charge on any atom is -0.321 e. The molecular weight excluding hydrogens is 389 g/mol. The number of allylic oxidation sites excluding steroid dienone is 1. The number of hydrogen-bond acceptors (Lipinski definition) is 2. The van der Waals surface area contributed by atoms with Crippen LogP contribution in [0.2, 0.25) is 5.02 Å². The number of nitrogens with one attached hydrogen (secondary N) is 1. The van der Waals surface area contributed by atoms with Crippen molar-refractivity contribution < 1.29 is 9.18 Å². The van der Waals surface area contributed by atoms with Crippen molar-refractivity contribution >= 4 is 34.4 Å². The molecule has 1 heterocycles. The molecule has 3 aromatic carbocycles. The van der Waals surface area contributed by atoms with Crippen LogP contribution in [0.1, 0.15) is 15.9 Å². The maximum Gasteiger partial charge on any atom is 0.260 e. The first-order chi connectivity index (χ1) is 14.0. The topological polar surface area (TPSA) is 49.9 Å². The molecule has 0 saturated heterocycles. The number of benzene rings is 3. The van der Waals surface area contributed by atoms with Crippen LogP contribution in [-0.4, -0.2) is 10.8 Å². The van der Waals surface area contributed by atoms with Gasteiger partial charge in [-0.05, 0) is 35.4 Å². The Bertz CT molecular complexity index is 1310. The highest BCUT2D eigenvalue weighted by Gasteiger charge is 2.18. The van der Waals surface area contributed by atoms with Gasteiger partial charge in [0, 0.05) is 16.5 Å². The molecule has 3 nitrogen and oxygen atoms in total. The van der Waals surface area contributed by atoms with E-state index in [1.54, 1.807) is 12.1 Å². The van der Waals surface area contributed by atoms with Gasteiger partial charge in [-0.2, -0.15) is 0 Å². The number of carbonyl (C=O) groups is 1. The lowest BCUT2D eigenvalue weighted by molar-refractivity contribution is 0.104. The number of fused-ring (bicyclic) bond motifs is 1. The zero-order valence-electron chi connectivity index (χ0n) is 15.2. The van der Waals surface area contributed by atoms with Crippen LogP contribution in [0.4, 0.5) is 4.39 Å². The highest BCUT2D eigenvalue weighted by atomic mass is 35.5. The summed E-state index contributed by atoms with van der Waals surface area (Å²) in [6, 6.07) is 20.9. The van der Waals surface area contributed by atoms with E-state index in [0.29, 0.717) is 16.6 Å². The van der Waals surface area contributed by atoms with Crippen LogP contribution in [0, 0.1) is 5.82 Å². The third-order valence-electron chi connectivity index (χ3n) is 4.60. The molecule has 0 amide bonds. The zero-order valence-corrected chi connectivity index (χ0v) is 15.9. The van der Waals surface area contributed by atoms with E-state index in [0.717, 1.165) is 10.9 Å². The van der Waals surface area contributed by atoms with E-state index in [1.807, 2.05) is 48.5 Å². The van der Waals surface area contributed by atoms with Gasteiger partial charge in [0.2, 0.25) is 0 Å². The summed E-state index contributed by atoms with van der Waals surface area (Å²) in [4.78, 5) is 28.6. The molecule has 29 heavy (non-hydrogen) atoms. The Hall–Kier alpha value is -3.50. The van der Waals surface area contributed by atoms with E-state index in [1.165, 1.54) is 24.3 Å². The summed E-state index contributed by atoms with van der Waals surface area (Å²) < 4.78 is 13.6. The second-order valence-corrected chi connectivity index (χ2v) is 6.89. The van der Waals surface area contributed by atoms with Gasteiger partial charge in [0.05, 0.1) is 10.6 Å². The van der Waals surface area contributed by atoms with Gasteiger partial charge in [-0.15, -0.1) is 0 Å². The number of ketones is 1. The van der Waals surface area contributed by atoms with Crippen LogP contribution in [0.3, 0.4) is 0 Å². The van der Waals surface area contributed by atoms with Gasteiger partial charge in [-0.25, -0.2) is 4.39 Å². The lowest BCUT2D eigenvalue weighted by Crippen LogP contribution is -2.18. The Kier molecular flexibility index (Phi) is 5.10. The van der Waals surface area contributed by atoms with Gasteiger partial charge in [-0.3, -0.25) is 9.59 Å². The van der Waals surface area contributed by atoms with E-state index >= 15 is 0 Å². The van der Waals surface area contributed by atoms with Crippen molar-refractivity contribution in [3.05, 3.63) is 111 Å². The van der Waals surface area contributed by atoms with Gasteiger partial charge in [0.1, 0.15) is 5.82 Å². The number of aromatic amines is 1. The standard InChI is InChI=1S/C24H15ClFNO2/c25-18-12-10-15(14-19(18)26)11-13-21(28)23-22(16-6-2-1-3-7-16)17-8-4-5-9-20(17)27-24(23)29/h1-14H,(H,27,29). The largest absolute Gasteiger partial charge is 0.321 e. The van der Waals surface area contributed by atoms with E-state index < -0.39 is 17.2 Å². The highest BCUT2D eigenvalue weighted by molar-refractivity contribution is 6.30. The molecule has 0 aliphatic rings. The number of carbonyl (C=O) groups excluding carboxylic acids is 1. The quantitative estimate of drug-likeness (QED) is 0.341. The predicted octanol–water partition coefficient (Wildman–Crippen LogP) is 5.88. The average molecular weight is 404 g/mol. The fourth-order valence-corrected chi connectivity index (χ4v) is 3.37. The number of halogens is 2. The number of aromatic nitrogens is 1. The number of rotatable bonds is 4. The fraction of sp³-hybridized carbons (Fsp3) is 0. The Balaban J connectivity index is 1.87. The summed E-state index contributed by atoms with van der Waals surface area (Å²) in [6.45, 7) is 0. The molecule has 0 aliphatic carbocycles. The fourth-order valence-electron chi connectivity index (χ4n) is 3.25. The monoisotopic (exact) mass is 403 g/mol. The van der Waals surface area contributed by atoms with Crippen LogP contribution in [-0.2, 0) is 0 Å². The molecule has 0 saturated carbocycles. The molecule has 1 aromatic heterocycles. The van der Waals surface area contributed by atoms with Crippen molar-refractivity contribution in [3.63, 3.8) is 0 Å². The lowest BCUT2D eigenvalue weighted by atomic mass is 9.94. The first-order valence-corrected chi connectivity index (χ1v) is 9.30. The Morgan fingerprint density at radius 2 is 1.69 bits per heavy atom. The van der Waals surface area contributed by atoms with E-state index in [4.69, 9.17) is 11.6 Å². The van der Waals surface area contributed by atoms with Gasteiger partial charge in [-0.1, -0.05) is 72.3 Å². The second kappa shape index (κ2) is 7.86. The molecule has 0 spiro atoms. The summed E-state index contributed by atoms with van der Waals surface area (Å²) in [6.07, 6.45) is 2.74. The second-order valence-electron chi connectivity index (χ2n) is 6.49. The minimum absolute atomic E-state index is 0.00538. The molecule has 0 atom stereocenters. The summed E-state index contributed by atoms with van der Waals surface area (Å²) in [5, 5.41) is 0.776. The maximum atomic E-state index is 13.6. The van der Waals surface area contributed by atoms with Gasteiger partial charge in [0.15, 0.2) is 5.78 Å². The van der Waals surface area contributed by atoms with Gasteiger partial charge in [0.25, 0.3) is 5.56 Å². The molecule has 4 rings (SSSR count). The van der Waals surface area contributed by atoms with Crippen molar-refractivity contribution in [1.82, 2.24) is 4.98 Å². The van der Waals surface area contributed by atoms with Crippen LogP contribution in [0.15, 0.2) is 83.7 Å². The van der Waals surface area contributed by atoms with Crippen molar-refractivity contribution in [2.45, 2.75) is 0 Å². The Morgan fingerprint density at radius 3 is 2.45 bits per heavy atom. The molecular formula is C24H15ClFNO2. The van der Waals surface area contributed by atoms with E-state index in [2.05, 4.69) is 4.98 Å². The Labute approximate surface area is 171 Å². The van der Waals surface area contributed by atoms with Crippen LogP contribution < -0.4 is 5.56 Å². The molecule has 142 valence electrons. The van der Waals surface area contributed by atoms with Crippen molar-refractivity contribution in [2.24, 2.45) is 0 Å². The number of pyridine rings is 1. The van der Waals surface area contributed by atoms with Gasteiger partial charge < -0.3 is 4.98 Å². The smallest absolute Gasteiger partial charge is 0.260 e. The molecule has 0 fully saturated rings. The number of H-pyrrole nitrogens is 1. The van der Waals surface area contributed by atoms with E-state index in [-0.39, 0.29) is 10.6 Å². The van der Waals surface area contributed by atoms with Crippen LogP contribution >= 0.6 is 11.6 Å². The summed E-state index contributed by atoms with van der Waals surface area (Å²) in [5.74, 6) is -1.04. The molecule has 4 aromatic rings. The predicted molar refractivity (Wildman–Crippen MR) is 115 cm³/mol.